The molecule has 0 heterocycles. The maximum absolute atomic E-state index is 13.0. The summed E-state index contributed by atoms with van der Waals surface area (Å²) in [4.78, 5) is 11.5. The van der Waals surface area contributed by atoms with E-state index >= 15 is 0 Å². The number of hydrogen-bond donors (Lipinski definition) is 0. The summed E-state index contributed by atoms with van der Waals surface area (Å²) in [7, 11) is 0. The van der Waals surface area contributed by atoms with Gasteiger partial charge in [0.05, 0.1) is 0 Å². The molecule has 0 aliphatic heterocycles. The molecular weight excluding hydrogens is 271 g/mol. The zero-order valence-corrected chi connectivity index (χ0v) is 11.0. The molecule has 16 heavy (non-hydrogen) atoms. The van der Waals surface area contributed by atoms with Crippen molar-refractivity contribution in [3.8, 4) is 0 Å². The fraction of sp³-hybridized carbons (Fsp3) is 0.462. The molecule has 0 unspecified atom stereocenters. The first-order chi connectivity index (χ1) is 7.63. The Hall–Kier alpha value is -0.700. The highest BCUT2D eigenvalue weighted by Crippen LogP contribution is 2.13. The van der Waals surface area contributed by atoms with Crippen LogP contribution in [0.5, 0.6) is 0 Å². The van der Waals surface area contributed by atoms with Crippen molar-refractivity contribution < 1.29 is 9.18 Å². The van der Waals surface area contributed by atoms with Crippen LogP contribution >= 0.6 is 15.9 Å². The van der Waals surface area contributed by atoms with Crippen LogP contribution in [0, 0.1) is 12.7 Å². The Morgan fingerprint density at radius 3 is 2.81 bits per heavy atom. The zero-order valence-electron chi connectivity index (χ0n) is 9.43. The Morgan fingerprint density at radius 1 is 1.38 bits per heavy atom. The van der Waals surface area contributed by atoms with Crippen LogP contribution in [-0.2, 0) is 11.2 Å². The summed E-state index contributed by atoms with van der Waals surface area (Å²) in [5.74, 6) is 0.0246. The van der Waals surface area contributed by atoms with E-state index in [-0.39, 0.29) is 11.6 Å². The Kier molecular flexibility index (Phi) is 5.67. The van der Waals surface area contributed by atoms with Gasteiger partial charge >= 0.3 is 0 Å². The quantitative estimate of drug-likeness (QED) is 0.727. The molecule has 1 nitrogen and oxygen atoms in total. The highest BCUT2D eigenvalue weighted by molar-refractivity contribution is 9.09. The fourth-order valence-electron chi connectivity index (χ4n) is 1.57. The van der Waals surface area contributed by atoms with Crippen molar-refractivity contribution >= 4 is 21.7 Å². The first kappa shape index (κ1) is 13.4. The Balaban J connectivity index is 2.47. The number of aryl methyl sites for hydroxylation is 2. The Morgan fingerprint density at radius 2 is 2.12 bits per heavy atom. The minimum Gasteiger partial charge on any atom is -0.300 e. The third kappa shape index (κ3) is 4.44. The number of Topliss-reactive ketones (excluding diaryl/α,β-unsaturated/α-hetero) is 1. The van der Waals surface area contributed by atoms with Gasteiger partial charge in [0.2, 0.25) is 0 Å². The van der Waals surface area contributed by atoms with E-state index in [0.29, 0.717) is 19.3 Å². The van der Waals surface area contributed by atoms with E-state index in [4.69, 9.17) is 0 Å². The second kappa shape index (κ2) is 6.79. The number of carbonyl (C=O) groups is 1. The molecule has 1 aromatic rings. The van der Waals surface area contributed by atoms with Crippen LogP contribution in [0.4, 0.5) is 4.39 Å². The fourth-order valence-corrected chi connectivity index (χ4v) is 1.85. The molecule has 88 valence electrons. The summed E-state index contributed by atoms with van der Waals surface area (Å²) in [6, 6.07) is 4.73. The van der Waals surface area contributed by atoms with Crippen molar-refractivity contribution in [2.24, 2.45) is 0 Å². The van der Waals surface area contributed by atoms with Gasteiger partial charge in [-0.3, -0.25) is 4.79 Å². The molecule has 0 aliphatic rings. The van der Waals surface area contributed by atoms with Crippen molar-refractivity contribution in [1.29, 1.82) is 0 Å². The molecule has 0 amide bonds. The second-order valence-electron chi connectivity index (χ2n) is 3.90. The topological polar surface area (TPSA) is 17.1 Å². The molecule has 0 saturated heterocycles. The predicted octanol–water partition coefficient (Wildman–Crippen LogP) is 3.81. The maximum Gasteiger partial charge on any atom is 0.133 e. The number of ketones is 1. The molecule has 0 fully saturated rings. The van der Waals surface area contributed by atoms with Crippen molar-refractivity contribution in [3.63, 3.8) is 0 Å². The van der Waals surface area contributed by atoms with Crippen LogP contribution in [0.1, 0.15) is 30.4 Å². The number of hydrogen-bond acceptors (Lipinski definition) is 1. The lowest BCUT2D eigenvalue weighted by Gasteiger charge is -2.05. The lowest BCUT2D eigenvalue weighted by molar-refractivity contribution is -0.119. The summed E-state index contributed by atoms with van der Waals surface area (Å²) >= 11 is 3.29. The van der Waals surface area contributed by atoms with Crippen LogP contribution in [0.15, 0.2) is 18.2 Å². The molecule has 0 aliphatic carbocycles. The standard InChI is InChI=1S/C13H16BrFO/c1-10-4-6-12(15)9-11(10)5-7-13(16)3-2-8-14/h4,6,9H,2-3,5,7-8H2,1H3. The van der Waals surface area contributed by atoms with Gasteiger partial charge in [-0.15, -0.1) is 0 Å². The monoisotopic (exact) mass is 286 g/mol. The number of carbonyl (C=O) groups excluding carboxylic acids is 1. The number of rotatable bonds is 6. The van der Waals surface area contributed by atoms with Crippen LogP contribution in [-0.4, -0.2) is 11.1 Å². The van der Waals surface area contributed by atoms with Crippen molar-refractivity contribution in [2.45, 2.75) is 32.6 Å². The van der Waals surface area contributed by atoms with Crippen molar-refractivity contribution in [3.05, 3.63) is 35.1 Å². The number of halogens is 2. The summed E-state index contributed by atoms with van der Waals surface area (Å²) in [5.41, 5.74) is 1.99. The molecule has 0 aromatic heterocycles. The molecule has 0 N–H and O–H groups in total. The van der Waals surface area contributed by atoms with E-state index in [0.717, 1.165) is 22.9 Å². The third-order valence-corrected chi connectivity index (χ3v) is 3.13. The molecule has 0 radical (unpaired) electrons. The van der Waals surface area contributed by atoms with Crippen molar-refractivity contribution in [1.82, 2.24) is 0 Å². The van der Waals surface area contributed by atoms with Crippen LogP contribution in [0.3, 0.4) is 0 Å². The van der Waals surface area contributed by atoms with Gasteiger partial charge < -0.3 is 0 Å². The Labute approximate surface area is 104 Å². The minimum atomic E-state index is -0.228. The summed E-state index contributed by atoms with van der Waals surface area (Å²) in [6.45, 7) is 1.94. The maximum atomic E-state index is 13.0. The van der Waals surface area contributed by atoms with E-state index in [2.05, 4.69) is 15.9 Å². The average molecular weight is 287 g/mol. The van der Waals surface area contributed by atoms with Crippen LogP contribution in [0.25, 0.3) is 0 Å². The number of benzene rings is 1. The predicted molar refractivity (Wildman–Crippen MR) is 67.5 cm³/mol. The first-order valence-corrected chi connectivity index (χ1v) is 6.58. The van der Waals surface area contributed by atoms with Gasteiger partial charge in [0.15, 0.2) is 0 Å². The summed E-state index contributed by atoms with van der Waals surface area (Å²) < 4.78 is 13.0. The highest BCUT2D eigenvalue weighted by atomic mass is 79.9. The molecule has 0 spiro atoms. The lowest BCUT2D eigenvalue weighted by Crippen LogP contribution is -2.01. The van der Waals surface area contributed by atoms with Crippen LogP contribution < -0.4 is 0 Å². The molecule has 0 bridgehead atoms. The molecule has 1 rings (SSSR count). The van der Waals surface area contributed by atoms with E-state index in [1.807, 2.05) is 6.92 Å². The highest BCUT2D eigenvalue weighted by Gasteiger charge is 2.05. The van der Waals surface area contributed by atoms with Gasteiger partial charge in [-0.05, 0) is 43.0 Å². The largest absolute Gasteiger partial charge is 0.300 e. The number of alkyl halides is 1. The lowest BCUT2D eigenvalue weighted by atomic mass is 10.0. The van der Waals surface area contributed by atoms with E-state index in [9.17, 15) is 9.18 Å². The minimum absolute atomic E-state index is 0.228. The molecule has 3 heteroatoms. The molecular formula is C13H16BrFO. The molecule has 0 saturated carbocycles. The summed E-state index contributed by atoms with van der Waals surface area (Å²) in [6.07, 6.45) is 2.64. The van der Waals surface area contributed by atoms with Gasteiger partial charge in [-0.25, -0.2) is 4.39 Å². The molecule has 0 atom stereocenters. The zero-order chi connectivity index (χ0) is 12.0. The second-order valence-corrected chi connectivity index (χ2v) is 4.70. The van der Waals surface area contributed by atoms with Gasteiger partial charge in [-0.2, -0.15) is 0 Å². The third-order valence-electron chi connectivity index (χ3n) is 2.57. The average Bonchev–Trinajstić information content (AvgIpc) is 2.27. The van der Waals surface area contributed by atoms with Crippen LogP contribution in [0.2, 0.25) is 0 Å². The molecule has 1 aromatic carbocycles. The van der Waals surface area contributed by atoms with E-state index < -0.39 is 0 Å². The van der Waals surface area contributed by atoms with Gasteiger partial charge in [0.1, 0.15) is 11.6 Å². The SMILES string of the molecule is Cc1ccc(F)cc1CCC(=O)CCCBr. The van der Waals surface area contributed by atoms with E-state index in [1.54, 1.807) is 6.07 Å². The van der Waals surface area contributed by atoms with Gasteiger partial charge in [0, 0.05) is 18.2 Å². The van der Waals surface area contributed by atoms with Gasteiger partial charge in [0.25, 0.3) is 0 Å². The smallest absolute Gasteiger partial charge is 0.133 e. The van der Waals surface area contributed by atoms with Crippen molar-refractivity contribution in [2.75, 3.05) is 5.33 Å². The Bertz CT molecular complexity index is 363. The normalized spacial score (nSPS) is 10.4. The van der Waals surface area contributed by atoms with Gasteiger partial charge in [-0.1, -0.05) is 22.0 Å². The summed E-state index contributed by atoms with van der Waals surface area (Å²) in [5, 5.41) is 0.859. The van der Waals surface area contributed by atoms with E-state index in [1.165, 1.54) is 12.1 Å². The first-order valence-electron chi connectivity index (χ1n) is 5.46.